The molecule has 1 aromatic carbocycles. The van der Waals surface area contributed by atoms with Gasteiger partial charge in [-0.25, -0.2) is 8.42 Å². The molecule has 1 aliphatic carbocycles. The summed E-state index contributed by atoms with van der Waals surface area (Å²) in [5.41, 5.74) is -0.183. The number of hydrogen-bond donors (Lipinski definition) is 2. The van der Waals surface area contributed by atoms with Crippen LogP contribution in [0.1, 0.15) is 18.4 Å². The first kappa shape index (κ1) is 14.8. The minimum Gasteiger partial charge on any atom is -0.396 e. The molecule has 0 aliphatic heterocycles. The van der Waals surface area contributed by atoms with Crippen LogP contribution in [0.5, 0.6) is 0 Å². The third-order valence-electron chi connectivity index (χ3n) is 3.99. The Labute approximate surface area is 117 Å². The number of rotatable bonds is 5. The van der Waals surface area contributed by atoms with Crippen molar-refractivity contribution < 1.29 is 18.6 Å². The van der Waals surface area contributed by atoms with Crippen molar-refractivity contribution in [1.82, 2.24) is 0 Å². The van der Waals surface area contributed by atoms with Crippen LogP contribution in [0.4, 0.5) is 0 Å². The number of sulfone groups is 1. The highest BCUT2D eigenvalue weighted by atomic mass is 35.5. The summed E-state index contributed by atoms with van der Waals surface area (Å²) >= 11 is 5.81. The Hall–Kier alpha value is -0.620. The van der Waals surface area contributed by atoms with E-state index in [1.54, 1.807) is 31.2 Å². The van der Waals surface area contributed by atoms with Crippen LogP contribution in [0, 0.1) is 5.41 Å². The largest absolute Gasteiger partial charge is 0.396 e. The Balaban J connectivity index is 2.42. The second kappa shape index (κ2) is 5.05. The van der Waals surface area contributed by atoms with Crippen molar-refractivity contribution in [2.24, 2.45) is 5.41 Å². The minimum atomic E-state index is -3.32. The highest BCUT2D eigenvalue weighted by molar-refractivity contribution is 7.92. The fourth-order valence-electron chi connectivity index (χ4n) is 2.80. The molecule has 2 rings (SSSR count). The summed E-state index contributed by atoms with van der Waals surface area (Å²) < 4.78 is 24.2. The van der Waals surface area contributed by atoms with E-state index >= 15 is 0 Å². The number of aliphatic hydroxyl groups is 2. The zero-order valence-electron chi connectivity index (χ0n) is 10.6. The lowest BCUT2D eigenvalue weighted by atomic mass is 10.0. The Morgan fingerprint density at radius 2 is 1.74 bits per heavy atom. The summed E-state index contributed by atoms with van der Waals surface area (Å²) in [6, 6.07) is 6.87. The van der Waals surface area contributed by atoms with E-state index in [9.17, 15) is 18.6 Å². The van der Waals surface area contributed by atoms with Gasteiger partial charge in [0.1, 0.15) is 0 Å². The molecule has 0 aromatic heterocycles. The van der Waals surface area contributed by atoms with Gasteiger partial charge in [0, 0.05) is 22.1 Å². The van der Waals surface area contributed by atoms with E-state index in [1.807, 2.05) is 0 Å². The maximum atomic E-state index is 12.1. The van der Waals surface area contributed by atoms with Gasteiger partial charge in [-0.2, -0.15) is 0 Å². The molecule has 0 unspecified atom stereocenters. The van der Waals surface area contributed by atoms with Crippen molar-refractivity contribution in [3.63, 3.8) is 0 Å². The molecule has 0 heterocycles. The molecule has 0 bridgehead atoms. The molecule has 4 nitrogen and oxygen atoms in total. The quantitative estimate of drug-likeness (QED) is 0.857. The van der Waals surface area contributed by atoms with E-state index < -0.39 is 20.5 Å². The van der Waals surface area contributed by atoms with E-state index in [2.05, 4.69) is 0 Å². The lowest BCUT2D eigenvalue weighted by Crippen LogP contribution is -2.23. The Morgan fingerprint density at radius 1 is 1.21 bits per heavy atom. The van der Waals surface area contributed by atoms with Gasteiger partial charge < -0.3 is 10.2 Å². The normalized spacial score (nSPS) is 25.3. The fourth-order valence-corrected chi connectivity index (χ4v) is 5.06. The second-order valence-corrected chi connectivity index (χ2v) is 7.80. The topological polar surface area (TPSA) is 74.6 Å². The molecule has 106 valence electrons. The summed E-state index contributed by atoms with van der Waals surface area (Å²) in [5.74, 6) is -0.367. The van der Waals surface area contributed by atoms with Crippen molar-refractivity contribution in [3.05, 3.63) is 34.9 Å². The molecular weight excluding hydrogens is 288 g/mol. The highest BCUT2D eigenvalue weighted by Gasteiger charge is 2.69. The predicted molar refractivity (Wildman–Crippen MR) is 74.0 cm³/mol. The predicted octanol–water partition coefficient (Wildman–Crippen LogP) is 1.21. The summed E-state index contributed by atoms with van der Waals surface area (Å²) in [5, 5.41) is 18.9. The van der Waals surface area contributed by atoms with Gasteiger partial charge in [0.2, 0.25) is 0 Å². The molecule has 6 heteroatoms. The fraction of sp³-hybridized carbons (Fsp3) is 0.538. The molecule has 2 N–H and O–H groups in total. The zero-order chi connectivity index (χ0) is 14.3. The number of hydrogen-bond acceptors (Lipinski definition) is 4. The van der Waals surface area contributed by atoms with Crippen LogP contribution < -0.4 is 0 Å². The first-order chi connectivity index (χ1) is 8.93. The first-order valence-corrected chi connectivity index (χ1v) is 8.21. The molecule has 19 heavy (non-hydrogen) atoms. The molecule has 1 aromatic rings. The van der Waals surface area contributed by atoms with Crippen LogP contribution in [0.15, 0.2) is 24.3 Å². The maximum Gasteiger partial charge on any atom is 0.154 e. The number of aliphatic hydroxyl groups excluding tert-OH is 2. The monoisotopic (exact) mass is 304 g/mol. The van der Waals surface area contributed by atoms with Gasteiger partial charge in [-0.1, -0.05) is 30.7 Å². The summed E-state index contributed by atoms with van der Waals surface area (Å²) in [6.45, 7) is 0.882. The first-order valence-electron chi connectivity index (χ1n) is 6.11. The van der Waals surface area contributed by atoms with Crippen LogP contribution in [-0.2, 0) is 9.84 Å². The van der Waals surface area contributed by atoms with Crippen LogP contribution in [0.3, 0.4) is 0 Å². The van der Waals surface area contributed by atoms with Gasteiger partial charge in [0.25, 0.3) is 0 Å². The summed E-state index contributed by atoms with van der Waals surface area (Å²) in [4.78, 5) is 0. The third-order valence-corrected chi connectivity index (χ3v) is 6.56. The maximum absolute atomic E-state index is 12.1. The summed E-state index contributed by atoms with van der Waals surface area (Å²) in [7, 11) is -3.32. The van der Waals surface area contributed by atoms with E-state index in [-0.39, 0.29) is 24.9 Å². The smallest absolute Gasteiger partial charge is 0.154 e. The Morgan fingerprint density at radius 3 is 2.16 bits per heavy atom. The van der Waals surface area contributed by atoms with Gasteiger partial charge in [0.15, 0.2) is 9.84 Å². The number of benzene rings is 1. The van der Waals surface area contributed by atoms with Gasteiger partial charge in [0.05, 0.1) is 18.5 Å². The van der Waals surface area contributed by atoms with Crippen LogP contribution in [0.25, 0.3) is 0 Å². The standard InChI is InChI=1S/C13H17ClO4S/c1-2-19(17,18)12-11(13(12,7-15)8-16)9-3-5-10(14)6-4-9/h3-6,11-12,15-16H,2,7-8H2,1H3/t11-,12+/m0/s1. The lowest BCUT2D eigenvalue weighted by molar-refractivity contribution is 0.130. The van der Waals surface area contributed by atoms with Crippen LogP contribution in [-0.4, -0.2) is 42.8 Å². The Kier molecular flexibility index (Phi) is 3.93. The highest BCUT2D eigenvalue weighted by Crippen LogP contribution is 2.62. The van der Waals surface area contributed by atoms with Gasteiger partial charge in [-0.05, 0) is 17.7 Å². The molecular formula is C13H17ClO4S. The van der Waals surface area contributed by atoms with E-state index in [4.69, 9.17) is 11.6 Å². The van der Waals surface area contributed by atoms with Crippen molar-refractivity contribution >= 4 is 21.4 Å². The molecule has 0 radical (unpaired) electrons. The van der Waals surface area contributed by atoms with E-state index in [0.29, 0.717) is 5.02 Å². The van der Waals surface area contributed by atoms with Crippen molar-refractivity contribution in [3.8, 4) is 0 Å². The third kappa shape index (κ3) is 2.29. The molecule has 1 fully saturated rings. The van der Waals surface area contributed by atoms with Gasteiger partial charge in [-0.3, -0.25) is 0 Å². The average molecular weight is 305 g/mol. The second-order valence-electron chi connectivity index (χ2n) is 4.95. The molecule has 2 atom stereocenters. The zero-order valence-corrected chi connectivity index (χ0v) is 12.2. The van der Waals surface area contributed by atoms with Gasteiger partial charge >= 0.3 is 0 Å². The molecule has 0 saturated heterocycles. The number of halogens is 1. The van der Waals surface area contributed by atoms with Gasteiger partial charge in [-0.15, -0.1) is 0 Å². The SMILES string of the molecule is CCS(=O)(=O)[C@@H]1[C@H](c2ccc(Cl)cc2)C1(CO)CO. The summed E-state index contributed by atoms with van der Waals surface area (Å²) in [6.07, 6.45) is 0. The Bertz CT molecular complexity index is 549. The van der Waals surface area contributed by atoms with Crippen molar-refractivity contribution in [1.29, 1.82) is 0 Å². The minimum absolute atomic E-state index is 0.00348. The van der Waals surface area contributed by atoms with E-state index in [1.165, 1.54) is 0 Å². The van der Waals surface area contributed by atoms with E-state index in [0.717, 1.165) is 5.56 Å². The van der Waals surface area contributed by atoms with Crippen molar-refractivity contribution in [2.45, 2.75) is 18.1 Å². The average Bonchev–Trinajstić information content (AvgIpc) is 3.10. The molecule has 0 amide bonds. The molecule has 1 aliphatic rings. The molecule has 0 spiro atoms. The lowest BCUT2D eigenvalue weighted by Gasteiger charge is -2.10. The van der Waals surface area contributed by atoms with Crippen molar-refractivity contribution in [2.75, 3.05) is 19.0 Å². The molecule has 1 saturated carbocycles. The van der Waals surface area contributed by atoms with Crippen LogP contribution >= 0.6 is 11.6 Å². The van der Waals surface area contributed by atoms with Crippen LogP contribution in [0.2, 0.25) is 5.02 Å².